The summed E-state index contributed by atoms with van der Waals surface area (Å²) >= 11 is 0. The van der Waals surface area contributed by atoms with E-state index in [0.717, 1.165) is 12.1 Å². The van der Waals surface area contributed by atoms with Gasteiger partial charge in [0.2, 0.25) is 0 Å². The van der Waals surface area contributed by atoms with Gasteiger partial charge in [-0.1, -0.05) is 6.42 Å². The molecule has 102 valence electrons. The number of aryl methyl sites for hydroxylation is 1. The Morgan fingerprint density at radius 2 is 2.00 bits per heavy atom. The second-order valence-corrected chi connectivity index (χ2v) is 5.99. The first-order valence-electron chi connectivity index (χ1n) is 6.99. The van der Waals surface area contributed by atoms with Gasteiger partial charge in [0, 0.05) is 31.2 Å². The van der Waals surface area contributed by atoms with Gasteiger partial charge in [-0.05, 0) is 45.8 Å². The second-order valence-electron chi connectivity index (χ2n) is 5.99. The van der Waals surface area contributed by atoms with E-state index in [-0.39, 0.29) is 11.6 Å². The van der Waals surface area contributed by atoms with Crippen LogP contribution in [-0.4, -0.2) is 39.4 Å². The predicted molar refractivity (Wildman–Crippen MR) is 74.4 cm³/mol. The van der Waals surface area contributed by atoms with Crippen molar-refractivity contribution < 1.29 is 0 Å². The van der Waals surface area contributed by atoms with Crippen LogP contribution in [0.15, 0.2) is 12.3 Å². The van der Waals surface area contributed by atoms with Gasteiger partial charge in [0.05, 0.1) is 5.69 Å². The molecule has 1 aromatic rings. The average Bonchev–Trinajstić information content (AvgIpc) is 2.76. The van der Waals surface area contributed by atoms with E-state index >= 15 is 0 Å². The summed E-state index contributed by atoms with van der Waals surface area (Å²) in [6.45, 7) is 6.91. The summed E-state index contributed by atoms with van der Waals surface area (Å²) in [5, 5.41) is 4.43. The van der Waals surface area contributed by atoms with Crippen LogP contribution < -0.4 is 5.73 Å². The highest BCUT2D eigenvalue weighted by Gasteiger charge is 2.34. The number of hydrogen-bond acceptors (Lipinski definition) is 3. The van der Waals surface area contributed by atoms with Crippen LogP contribution in [0.25, 0.3) is 0 Å². The maximum Gasteiger partial charge on any atom is 0.0640 e. The molecule has 4 nitrogen and oxygen atoms in total. The van der Waals surface area contributed by atoms with E-state index in [0.29, 0.717) is 0 Å². The van der Waals surface area contributed by atoms with Gasteiger partial charge in [-0.3, -0.25) is 9.58 Å². The number of hydrogen-bond donors (Lipinski definition) is 1. The van der Waals surface area contributed by atoms with Gasteiger partial charge in [-0.2, -0.15) is 5.10 Å². The molecule has 1 atom stereocenters. The van der Waals surface area contributed by atoms with Crippen molar-refractivity contribution in [2.24, 2.45) is 12.8 Å². The molecular weight excluding hydrogens is 224 g/mol. The fraction of sp³-hybridized carbons (Fsp3) is 0.786. The van der Waals surface area contributed by atoms with Gasteiger partial charge in [0.1, 0.15) is 0 Å². The number of piperidine rings is 1. The normalized spacial score (nSPS) is 20.0. The largest absolute Gasteiger partial charge is 0.326 e. The summed E-state index contributed by atoms with van der Waals surface area (Å²) in [5.74, 6) is 0. The van der Waals surface area contributed by atoms with Gasteiger partial charge in [-0.15, -0.1) is 0 Å². The molecule has 0 aromatic carbocycles. The molecule has 1 saturated heterocycles. The first kappa shape index (κ1) is 13.6. The summed E-state index contributed by atoms with van der Waals surface area (Å²) in [5.41, 5.74) is 7.58. The molecule has 2 heterocycles. The first-order valence-corrected chi connectivity index (χ1v) is 6.99. The summed E-state index contributed by atoms with van der Waals surface area (Å²) in [4.78, 5) is 2.55. The van der Waals surface area contributed by atoms with Crippen molar-refractivity contribution in [2.75, 3.05) is 13.1 Å². The van der Waals surface area contributed by atoms with E-state index < -0.39 is 0 Å². The van der Waals surface area contributed by atoms with Crippen LogP contribution in [0, 0.1) is 0 Å². The van der Waals surface area contributed by atoms with Crippen molar-refractivity contribution in [3.63, 3.8) is 0 Å². The van der Waals surface area contributed by atoms with Crippen molar-refractivity contribution in [2.45, 2.75) is 51.1 Å². The SMILES string of the molecule is Cn1ccc(CC(N)C(C)(C)N2CCCCC2)n1. The van der Waals surface area contributed by atoms with Crippen molar-refractivity contribution in [1.82, 2.24) is 14.7 Å². The van der Waals surface area contributed by atoms with E-state index in [1.807, 2.05) is 17.9 Å². The van der Waals surface area contributed by atoms with Gasteiger partial charge in [-0.25, -0.2) is 0 Å². The maximum atomic E-state index is 6.43. The van der Waals surface area contributed by atoms with E-state index in [9.17, 15) is 0 Å². The standard InChI is InChI=1S/C14H26N4/c1-14(2,18-8-5-4-6-9-18)13(15)11-12-7-10-17(3)16-12/h7,10,13H,4-6,8-9,11,15H2,1-3H3. The lowest BCUT2D eigenvalue weighted by molar-refractivity contribution is 0.0728. The van der Waals surface area contributed by atoms with Crippen molar-refractivity contribution in [3.8, 4) is 0 Å². The van der Waals surface area contributed by atoms with Gasteiger partial charge < -0.3 is 5.73 Å². The molecule has 2 rings (SSSR count). The maximum absolute atomic E-state index is 6.43. The molecule has 0 spiro atoms. The number of nitrogens with two attached hydrogens (primary N) is 1. The van der Waals surface area contributed by atoms with E-state index in [2.05, 4.69) is 29.9 Å². The molecule has 0 radical (unpaired) electrons. The van der Waals surface area contributed by atoms with Gasteiger partial charge in [0.15, 0.2) is 0 Å². The minimum atomic E-state index is 0.0535. The molecule has 1 aliphatic rings. The molecule has 2 N–H and O–H groups in total. The molecular formula is C14H26N4. The lowest BCUT2D eigenvalue weighted by Gasteiger charge is -2.44. The molecule has 1 fully saturated rings. The van der Waals surface area contributed by atoms with Crippen LogP contribution in [0.5, 0.6) is 0 Å². The average molecular weight is 250 g/mol. The van der Waals surface area contributed by atoms with Gasteiger partial charge in [0.25, 0.3) is 0 Å². The predicted octanol–water partition coefficient (Wildman–Crippen LogP) is 1.55. The fourth-order valence-corrected chi connectivity index (χ4v) is 2.75. The number of nitrogens with zero attached hydrogens (tertiary/aromatic N) is 3. The highest BCUT2D eigenvalue weighted by molar-refractivity contribution is 5.05. The van der Waals surface area contributed by atoms with Crippen LogP contribution in [0.3, 0.4) is 0 Å². The number of rotatable bonds is 4. The third kappa shape index (κ3) is 2.93. The van der Waals surface area contributed by atoms with Crippen molar-refractivity contribution >= 4 is 0 Å². The summed E-state index contributed by atoms with van der Waals surface area (Å²) in [6, 6.07) is 2.19. The van der Waals surface area contributed by atoms with Crippen molar-refractivity contribution in [3.05, 3.63) is 18.0 Å². The lowest BCUT2D eigenvalue weighted by Crippen LogP contribution is -2.58. The van der Waals surface area contributed by atoms with Crippen LogP contribution in [-0.2, 0) is 13.5 Å². The summed E-state index contributed by atoms with van der Waals surface area (Å²) < 4.78 is 1.84. The third-order valence-corrected chi connectivity index (χ3v) is 4.28. The smallest absolute Gasteiger partial charge is 0.0640 e. The Hall–Kier alpha value is -0.870. The molecule has 0 saturated carbocycles. The Bertz CT molecular complexity index is 377. The first-order chi connectivity index (χ1) is 8.50. The fourth-order valence-electron chi connectivity index (χ4n) is 2.75. The van der Waals surface area contributed by atoms with Gasteiger partial charge >= 0.3 is 0 Å². The quantitative estimate of drug-likeness (QED) is 0.882. The van der Waals surface area contributed by atoms with Crippen LogP contribution in [0.2, 0.25) is 0 Å². The molecule has 1 unspecified atom stereocenters. The zero-order valence-corrected chi connectivity index (χ0v) is 11.9. The minimum Gasteiger partial charge on any atom is -0.326 e. The van der Waals surface area contributed by atoms with Crippen LogP contribution in [0.1, 0.15) is 38.8 Å². The molecule has 1 aromatic heterocycles. The molecule has 18 heavy (non-hydrogen) atoms. The van der Waals surface area contributed by atoms with E-state index in [1.165, 1.54) is 32.4 Å². The summed E-state index contributed by atoms with van der Waals surface area (Å²) in [7, 11) is 1.95. The Morgan fingerprint density at radius 1 is 1.33 bits per heavy atom. The van der Waals surface area contributed by atoms with E-state index in [4.69, 9.17) is 5.73 Å². The van der Waals surface area contributed by atoms with Crippen LogP contribution in [0.4, 0.5) is 0 Å². The van der Waals surface area contributed by atoms with Crippen LogP contribution >= 0.6 is 0 Å². The highest BCUT2D eigenvalue weighted by Crippen LogP contribution is 2.24. The Morgan fingerprint density at radius 3 is 2.56 bits per heavy atom. The number of likely N-dealkylation sites (tertiary alicyclic amines) is 1. The number of aromatic nitrogens is 2. The van der Waals surface area contributed by atoms with E-state index in [1.54, 1.807) is 0 Å². The molecule has 4 heteroatoms. The monoisotopic (exact) mass is 250 g/mol. The highest BCUT2D eigenvalue weighted by atomic mass is 15.3. The zero-order valence-electron chi connectivity index (χ0n) is 11.9. The third-order valence-electron chi connectivity index (χ3n) is 4.28. The minimum absolute atomic E-state index is 0.0535. The lowest BCUT2D eigenvalue weighted by atomic mass is 9.88. The van der Waals surface area contributed by atoms with Crippen molar-refractivity contribution in [1.29, 1.82) is 0 Å². The zero-order chi connectivity index (χ0) is 13.2. The Labute approximate surface area is 110 Å². The molecule has 0 aliphatic carbocycles. The molecule has 1 aliphatic heterocycles. The molecule has 0 amide bonds. The molecule has 0 bridgehead atoms. The Balaban J connectivity index is 1.99. The second kappa shape index (κ2) is 5.41. The topological polar surface area (TPSA) is 47.1 Å². The Kier molecular flexibility index (Phi) is 4.07. The summed E-state index contributed by atoms with van der Waals surface area (Å²) in [6.07, 6.45) is 6.81.